The van der Waals surface area contributed by atoms with Gasteiger partial charge in [0.1, 0.15) is 12.4 Å². The molecule has 3 heteroatoms. The van der Waals surface area contributed by atoms with Gasteiger partial charge >= 0.3 is 0 Å². The van der Waals surface area contributed by atoms with Gasteiger partial charge in [-0.2, -0.15) is 0 Å². The van der Waals surface area contributed by atoms with Crippen LogP contribution >= 0.6 is 15.9 Å². The number of para-hydroxylation sites is 1. The maximum atomic E-state index is 5.73. The summed E-state index contributed by atoms with van der Waals surface area (Å²) in [5.74, 6) is 0.928. The third-order valence-corrected chi connectivity index (χ3v) is 3.73. The molecule has 0 spiro atoms. The van der Waals surface area contributed by atoms with Gasteiger partial charge in [-0.05, 0) is 65.2 Å². The van der Waals surface area contributed by atoms with Gasteiger partial charge in [0, 0.05) is 16.7 Å². The van der Waals surface area contributed by atoms with E-state index in [0.29, 0.717) is 6.61 Å². The number of halogens is 1. The monoisotopic (exact) mass is 319 g/mol. The second kappa shape index (κ2) is 6.62. The van der Waals surface area contributed by atoms with E-state index in [1.165, 1.54) is 11.1 Å². The van der Waals surface area contributed by atoms with Gasteiger partial charge in [-0.15, -0.1) is 0 Å². The van der Waals surface area contributed by atoms with Crippen molar-refractivity contribution in [2.24, 2.45) is 0 Å². The average Bonchev–Trinajstić information content (AvgIpc) is 2.40. The largest absolute Gasteiger partial charge is 0.492 e. The predicted octanol–water partition coefficient (Wildman–Crippen LogP) is 4.56. The van der Waals surface area contributed by atoms with Crippen LogP contribution in [-0.2, 0) is 0 Å². The van der Waals surface area contributed by atoms with Crippen molar-refractivity contribution in [2.45, 2.75) is 13.8 Å². The summed E-state index contributed by atoms with van der Waals surface area (Å²) in [7, 11) is 0. The zero-order valence-corrected chi connectivity index (χ0v) is 12.8. The summed E-state index contributed by atoms with van der Waals surface area (Å²) >= 11 is 3.51. The molecule has 2 aromatic carbocycles. The first kappa shape index (κ1) is 13.9. The number of aryl methyl sites for hydroxylation is 2. The van der Waals surface area contributed by atoms with Crippen molar-refractivity contribution in [2.75, 3.05) is 18.5 Å². The molecule has 0 fully saturated rings. The number of nitrogens with one attached hydrogen (secondary N) is 1. The van der Waals surface area contributed by atoms with Crippen LogP contribution in [0.15, 0.2) is 46.9 Å². The van der Waals surface area contributed by atoms with E-state index >= 15 is 0 Å². The van der Waals surface area contributed by atoms with Gasteiger partial charge in [-0.3, -0.25) is 0 Å². The molecule has 0 radical (unpaired) electrons. The molecule has 0 amide bonds. The number of anilines is 1. The van der Waals surface area contributed by atoms with Crippen molar-refractivity contribution in [1.82, 2.24) is 0 Å². The third-order valence-electron chi connectivity index (χ3n) is 3.04. The van der Waals surface area contributed by atoms with E-state index in [9.17, 15) is 0 Å². The summed E-state index contributed by atoms with van der Waals surface area (Å²) in [4.78, 5) is 0. The maximum absolute atomic E-state index is 5.73. The van der Waals surface area contributed by atoms with Gasteiger partial charge < -0.3 is 10.1 Å². The Morgan fingerprint density at radius 1 is 1.05 bits per heavy atom. The number of rotatable bonds is 5. The van der Waals surface area contributed by atoms with Crippen molar-refractivity contribution in [3.63, 3.8) is 0 Å². The van der Waals surface area contributed by atoms with Crippen LogP contribution < -0.4 is 10.1 Å². The highest BCUT2D eigenvalue weighted by Gasteiger charge is 1.99. The molecule has 0 unspecified atom stereocenters. The van der Waals surface area contributed by atoms with Gasteiger partial charge in [0.2, 0.25) is 0 Å². The Morgan fingerprint density at radius 3 is 2.58 bits per heavy atom. The molecular weight excluding hydrogens is 302 g/mol. The van der Waals surface area contributed by atoms with Crippen molar-refractivity contribution in [3.05, 3.63) is 58.1 Å². The summed E-state index contributed by atoms with van der Waals surface area (Å²) < 4.78 is 6.80. The van der Waals surface area contributed by atoms with Gasteiger partial charge in [-0.25, -0.2) is 0 Å². The van der Waals surface area contributed by atoms with Crippen LogP contribution in [0.2, 0.25) is 0 Å². The molecule has 2 rings (SSSR count). The van der Waals surface area contributed by atoms with Gasteiger partial charge in [0.05, 0.1) is 0 Å². The SMILES string of the molecule is Cc1ccc(OCCNc2ccccc2Br)cc1C. The maximum Gasteiger partial charge on any atom is 0.119 e. The first-order chi connectivity index (χ1) is 9.16. The Labute approximate surface area is 122 Å². The Morgan fingerprint density at radius 2 is 1.84 bits per heavy atom. The Kier molecular flexibility index (Phi) is 4.86. The quantitative estimate of drug-likeness (QED) is 0.816. The average molecular weight is 320 g/mol. The van der Waals surface area contributed by atoms with Crippen LogP contribution in [0.4, 0.5) is 5.69 Å². The molecular formula is C16H18BrNO. The molecule has 0 aliphatic heterocycles. The Hall–Kier alpha value is -1.48. The molecule has 2 nitrogen and oxygen atoms in total. The second-order valence-corrected chi connectivity index (χ2v) is 5.36. The fourth-order valence-corrected chi connectivity index (χ4v) is 2.19. The standard InChI is InChI=1S/C16H18BrNO/c1-12-7-8-14(11-13(12)2)19-10-9-18-16-6-4-3-5-15(16)17/h3-8,11,18H,9-10H2,1-2H3. The minimum absolute atomic E-state index is 0.643. The lowest BCUT2D eigenvalue weighted by Crippen LogP contribution is -2.11. The normalized spacial score (nSPS) is 10.3. The van der Waals surface area contributed by atoms with Crippen molar-refractivity contribution in [3.8, 4) is 5.75 Å². The van der Waals surface area contributed by atoms with Crippen molar-refractivity contribution < 1.29 is 4.74 Å². The van der Waals surface area contributed by atoms with E-state index in [1.54, 1.807) is 0 Å². The topological polar surface area (TPSA) is 21.3 Å². The van der Waals surface area contributed by atoms with Crippen LogP contribution in [0.1, 0.15) is 11.1 Å². The number of benzene rings is 2. The lowest BCUT2D eigenvalue weighted by molar-refractivity contribution is 0.332. The van der Waals surface area contributed by atoms with Gasteiger partial charge in [-0.1, -0.05) is 18.2 Å². The lowest BCUT2D eigenvalue weighted by Gasteiger charge is -2.11. The fourth-order valence-electron chi connectivity index (χ4n) is 1.76. The minimum Gasteiger partial charge on any atom is -0.492 e. The van der Waals surface area contributed by atoms with E-state index in [1.807, 2.05) is 30.3 Å². The zero-order chi connectivity index (χ0) is 13.7. The van der Waals surface area contributed by atoms with Crippen LogP contribution in [0.3, 0.4) is 0 Å². The summed E-state index contributed by atoms with van der Waals surface area (Å²) in [6, 6.07) is 14.3. The summed E-state index contributed by atoms with van der Waals surface area (Å²) in [5.41, 5.74) is 3.64. The van der Waals surface area contributed by atoms with E-state index in [0.717, 1.165) is 22.5 Å². The van der Waals surface area contributed by atoms with Crippen LogP contribution in [0, 0.1) is 13.8 Å². The van der Waals surface area contributed by atoms with Crippen LogP contribution in [0.5, 0.6) is 5.75 Å². The molecule has 0 saturated heterocycles. The van der Waals surface area contributed by atoms with Gasteiger partial charge in [0.25, 0.3) is 0 Å². The lowest BCUT2D eigenvalue weighted by atomic mass is 10.1. The molecule has 0 aliphatic carbocycles. The third kappa shape index (κ3) is 4.00. The minimum atomic E-state index is 0.643. The van der Waals surface area contributed by atoms with Crippen molar-refractivity contribution in [1.29, 1.82) is 0 Å². The molecule has 100 valence electrons. The fraction of sp³-hybridized carbons (Fsp3) is 0.250. The highest BCUT2D eigenvalue weighted by atomic mass is 79.9. The zero-order valence-electron chi connectivity index (χ0n) is 11.2. The molecule has 1 N–H and O–H groups in total. The molecule has 0 bridgehead atoms. The molecule has 2 aromatic rings. The van der Waals surface area contributed by atoms with Crippen LogP contribution in [-0.4, -0.2) is 13.2 Å². The van der Waals surface area contributed by atoms with E-state index in [4.69, 9.17) is 4.74 Å². The van der Waals surface area contributed by atoms with Crippen molar-refractivity contribution >= 4 is 21.6 Å². The van der Waals surface area contributed by atoms with Gasteiger partial charge in [0.15, 0.2) is 0 Å². The number of hydrogen-bond acceptors (Lipinski definition) is 2. The summed E-state index contributed by atoms with van der Waals surface area (Å²) in [6.07, 6.45) is 0. The van der Waals surface area contributed by atoms with E-state index in [2.05, 4.69) is 47.2 Å². The first-order valence-corrected chi connectivity index (χ1v) is 7.14. The van der Waals surface area contributed by atoms with E-state index in [-0.39, 0.29) is 0 Å². The highest BCUT2D eigenvalue weighted by Crippen LogP contribution is 2.21. The second-order valence-electron chi connectivity index (χ2n) is 4.50. The Balaban J connectivity index is 1.81. The van der Waals surface area contributed by atoms with Crippen LogP contribution in [0.25, 0.3) is 0 Å². The molecule has 0 saturated carbocycles. The number of hydrogen-bond donors (Lipinski definition) is 1. The smallest absolute Gasteiger partial charge is 0.119 e. The molecule has 0 aliphatic rings. The number of ether oxygens (including phenoxy) is 1. The summed E-state index contributed by atoms with van der Waals surface area (Å²) in [5, 5.41) is 3.34. The summed E-state index contributed by atoms with van der Waals surface area (Å²) in [6.45, 7) is 5.62. The predicted molar refractivity (Wildman–Crippen MR) is 84.0 cm³/mol. The molecule has 0 atom stereocenters. The highest BCUT2D eigenvalue weighted by molar-refractivity contribution is 9.10. The molecule has 0 aromatic heterocycles. The first-order valence-electron chi connectivity index (χ1n) is 6.35. The molecule has 19 heavy (non-hydrogen) atoms. The van der Waals surface area contributed by atoms with E-state index < -0.39 is 0 Å². The Bertz CT molecular complexity index is 554. The molecule has 0 heterocycles.